The Morgan fingerprint density at radius 3 is 2.62 bits per heavy atom. The van der Waals surface area contributed by atoms with Gasteiger partial charge in [-0.25, -0.2) is 0 Å². The number of hydrogen-bond donors (Lipinski definition) is 2. The van der Waals surface area contributed by atoms with E-state index in [2.05, 4.69) is 20.8 Å². The summed E-state index contributed by atoms with van der Waals surface area (Å²) in [6.45, 7) is 0.360. The minimum Gasteiger partial charge on any atom is -0.388 e. The molecule has 3 aromatic rings. The lowest BCUT2D eigenvalue weighted by atomic mass is 10.1. The molecule has 3 rings (SSSR count). The molecule has 0 aliphatic rings. The van der Waals surface area contributed by atoms with E-state index in [0.717, 1.165) is 5.56 Å². The molecule has 1 aromatic heterocycles. The van der Waals surface area contributed by atoms with E-state index in [1.54, 1.807) is 18.2 Å². The quantitative estimate of drug-likeness (QED) is 0.717. The van der Waals surface area contributed by atoms with Crippen LogP contribution in [0.2, 0.25) is 0 Å². The molecule has 0 radical (unpaired) electrons. The van der Waals surface area contributed by atoms with Crippen molar-refractivity contribution in [2.24, 2.45) is 0 Å². The lowest BCUT2D eigenvalue weighted by Crippen LogP contribution is -2.26. The third-order valence-corrected chi connectivity index (χ3v) is 3.63. The predicted molar refractivity (Wildman–Crippen MR) is 87.5 cm³/mol. The van der Waals surface area contributed by atoms with Crippen LogP contribution in [0, 0.1) is 0 Å². The molecule has 1 amide bonds. The first kappa shape index (κ1) is 15.8. The first-order valence-corrected chi connectivity index (χ1v) is 7.59. The van der Waals surface area contributed by atoms with E-state index >= 15 is 0 Å². The summed E-state index contributed by atoms with van der Waals surface area (Å²) in [5.74, 6) is -0.235. The zero-order chi connectivity index (χ0) is 16.8. The normalized spacial score (nSPS) is 11.9. The highest BCUT2D eigenvalue weighted by Gasteiger charge is 2.14. The molecule has 0 saturated heterocycles. The maximum atomic E-state index is 12.4. The molecular formula is C17H17N5O2. The standard InChI is InChI=1S/C17H17N5O2/c23-16(13-6-2-1-3-7-13)10-11-18-17(24)14-8-4-5-9-15(14)22-12-19-20-21-22/h1-9,12,16,23H,10-11H2,(H,18,24). The SMILES string of the molecule is O=C(NCCC(O)c1ccccc1)c1ccccc1-n1cnnn1. The van der Waals surface area contributed by atoms with E-state index in [0.29, 0.717) is 24.2 Å². The van der Waals surface area contributed by atoms with Crippen molar-refractivity contribution in [1.82, 2.24) is 25.5 Å². The van der Waals surface area contributed by atoms with Crippen LogP contribution in [-0.4, -0.2) is 37.8 Å². The van der Waals surface area contributed by atoms with Gasteiger partial charge in [0.1, 0.15) is 6.33 Å². The Morgan fingerprint density at radius 1 is 1.12 bits per heavy atom. The maximum absolute atomic E-state index is 12.4. The summed E-state index contributed by atoms with van der Waals surface area (Å²) in [7, 11) is 0. The van der Waals surface area contributed by atoms with E-state index in [1.165, 1.54) is 11.0 Å². The topological polar surface area (TPSA) is 92.9 Å². The van der Waals surface area contributed by atoms with Crippen molar-refractivity contribution in [1.29, 1.82) is 0 Å². The van der Waals surface area contributed by atoms with Gasteiger partial charge in [-0.15, -0.1) is 5.10 Å². The highest BCUT2D eigenvalue weighted by Crippen LogP contribution is 2.16. The number of para-hydroxylation sites is 1. The Labute approximate surface area is 138 Å². The van der Waals surface area contributed by atoms with Crippen LogP contribution in [0.4, 0.5) is 0 Å². The highest BCUT2D eigenvalue weighted by atomic mass is 16.3. The molecular weight excluding hydrogens is 306 g/mol. The molecule has 122 valence electrons. The first-order valence-electron chi connectivity index (χ1n) is 7.59. The molecule has 2 N–H and O–H groups in total. The van der Waals surface area contributed by atoms with Crippen LogP contribution in [0.5, 0.6) is 0 Å². The number of aliphatic hydroxyl groups is 1. The van der Waals surface area contributed by atoms with Crippen molar-refractivity contribution in [2.45, 2.75) is 12.5 Å². The molecule has 0 spiro atoms. The average Bonchev–Trinajstić information content (AvgIpc) is 3.17. The number of carbonyl (C=O) groups excluding carboxylic acids is 1. The summed E-state index contributed by atoms with van der Waals surface area (Å²) < 4.78 is 1.44. The fourth-order valence-corrected chi connectivity index (χ4v) is 2.40. The van der Waals surface area contributed by atoms with Gasteiger partial charge < -0.3 is 10.4 Å². The number of rotatable bonds is 6. The van der Waals surface area contributed by atoms with Crippen molar-refractivity contribution in [3.05, 3.63) is 72.1 Å². The van der Waals surface area contributed by atoms with Gasteiger partial charge in [0.05, 0.1) is 17.4 Å². The maximum Gasteiger partial charge on any atom is 0.253 e. The van der Waals surface area contributed by atoms with Gasteiger partial charge >= 0.3 is 0 Å². The number of benzene rings is 2. The van der Waals surface area contributed by atoms with E-state index < -0.39 is 6.10 Å². The van der Waals surface area contributed by atoms with Crippen molar-refractivity contribution in [3.63, 3.8) is 0 Å². The second-order valence-corrected chi connectivity index (χ2v) is 5.24. The van der Waals surface area contributed by atoms with Crippen molar-refractivity contribution in [3.8, 4) is 5.69 Å². The molecule has 24 heavy (non-hydrogen) atoms. The molecule has 1 heterocycles. The Balaban J connectivity index is 1.62. The molecule has 7 nitrogen and oxygen atoms in total. The Bertz CT molecular complexity index is 790. The number of aliphatic hydroxyl groups excluding tert-OH is 1. The summed E-state index contributed by atoms with van der Waals surface area (Å²) >= 11 is 0. The number of nitrogens with one attached hydrogen (secondary N) is 1. The van der Waals surface area contributed by atoms with Gasteiger partial charge in [-0.3, -0.25) is 4.79 Å². The largest absolute Gasteiger partial charge is 0.388 e. The van der Waals surface area contributed by atoms with Crippen LogP contribution in [0.15, 0.2) is 60.9 Å². The van der Waals surface area contributed by atoms with Crippen LogP contribution in [0.3, 0.4) is 0 Å². The molecule has 7 heteroatoms. The molecule has 2 aromatic carbocycles. The average molecular weight is 323 g/mol. The number of carbonyl (C=O) groups is 1. The molecule has 0 bridgehead atoms. The van der Waals surface area contributed by atoms with Crippen molar-refractivity contribution >= 4 is 5.91 Å². The zero-order valence-electron chi connectivity index (χ0n) is 12.9. The van der Waals surface area contributed by atoms with Gasteiger partial charge in [-0.05, 0) is 34.5 Å². The van der Waals surface area contributed by atoms with Gasteiger partial charge in [0.2, 0.25) is 0 Å². The molecule has 1 atom stereocenters. The monoisotopic (exact) mass is 323 g/mol. The second-order valence-electron chi connectivity index (χ2n) is 5.24. The van der Waals surface area contributed by atoms with Crippen LogP contribution in [-0.2, 0) is 0 Å². The van der Waals surface area contributed by atoms with Gasteiger partial charge in [0, 0.05) is 6.54 Å². The lowest BCUT2D eigenvalue weighted by Gasteiger charge is -2.12. The third-order valence-electron chi connectivity index (χ3n) is 3.63. The number of aromatic nitrogens is 4. The first-order chi connectivity index (χ1) is 11.8. The fourth-order valence-electron chi connectivity index (χ4n) is 2.40. The summed E-state index contributed by atoms with van der Waals surface area (Å²) in [5, 5.41) is 23.9. The zero-order valence-corrected chi connectivity index (χ0v) is 12.9. The number of tetrazole rings is 1. The minimum atomic E-state index is -0.610. The van der Waals surface area contributed by atoms with Crippen LogP contribution >= 0.6 is 0 Å². The molecule has 1 unspecified atom stereocenters. The Kier molecular flexibility index (Phi) is 4.93. The predicted octanol–water partition coefficient (Wildman–Crippen LogP) is 1.52. The Morgan fingerprint density at radius 2 is 1.88 bits per heavy atom. The molecule has 0 fully saturated rings. The van der Waals surface area contributed by atoms with Gasteiger partial charge in [0.15, 0.2) is 0 Å². The summed E-state index contributed by atoms with van der Waals surface area (Å²) in [5.41, 5.74) is 1.91. The van der Waals surface area contributed by atoms with E-state index in [1.807, 2.05) is 36.4 Å². The van der Waals surface area contributed by atoms with Crippen LogP contribution in [0.25, 0.3) is 5.69 Å². The number of amides is 1. The van der Waals surface area contributed by atoms with Gasteiger partial charge in [0.25, 0.3) is 5.91 Å². The smallest absolute Gasteiger partial charge is 0.253 e. The van der Waals surface area contributed by atoms with Gasteiger partial charge in [-0.1, -0.05) is 42.5 Å². The number of hydrogen-bond acceptors (Lipinski definition) is 5. The Hall–Kier alpha value is -3.06. The second kappa shape index (κ2) is 7.47. The number of nitrogens with zero attached hydrogens (tertiary/aromatic N) is 4. The highest BCUT2D eigenvalue weighted by molar-refractivity contribution is 5.97. The van der Waals surface area contributed by atoms with Crippen LogP contribution in [0.1, 0.15) is 28.4 Å². The third kappa shape index (κ3) is 3.64. The van der Waals surface area contributed by atoms with E-state index in [9.17, 15) is 9.90 Å². The fraction of sp³-hybridized carbons (Fsp3) is 0.176. The molecule has 0 aliphatic carbocycles. The summed E-state index contributed by atoms with van der Waals surface area (Å²) in [6.07, 6.45) is 1.26. The molecule has 0 saturated carbocycles. The van der Waals surface area contributed by atoms with Crippen molar-refractivity contribution < 1.29 is 9.90 Å². The molecule has 0 aliphatic heterocycles. The lowest BCUT2D eigenvalue weighted by molar-refractivity contribution is 0.0942. The summed E-state index contributed by atoms with van der Waals surface area (Å²) in [4.78, 5) is 12.4. The van der Waals surface area contributed by atoms with E-state index in [-0.39, 0.29) is 5.91 Å². The van der Waals surface area contributed by atoms with Crippen LogP contribution < -0.4 is 5.32 Å². The van der Waals surface area contributed by atoms with E-state index in [4.69, 9.17) is 0 Å². The van der Waals surface area contributed by atoms with Gasteiger partial charge in [-0.2, -0.15) is 4.68 Å². The van der Waals surface area contributed by atoms with Crippen molar-refractivity contribution in [2.75, 3.05) is 6.54 Å². The summed E-state index contributed by atoms with van der Waals surface area (Å²) in [6, 6.07) is 16.4. The minimum absolute atomic E-state index is 0.235.